The summed E-state index contributed by atoms with van der Waals surface area (Å²) in [6.45, 7) is 10.3. The first-order valence-corrected chi connectivity index (χ1v) is 14.9. The lowest BCUT2D eigenvalue weighted by Crippen LogP contribution is -2.61. The van der Waals surface area contributed by atoms with E-state index in [4.69, 9.17) is 14.3 Å². The quantitative estimate of drug-likeness (QED) is 0.373. The second-order valence-corrected chi connectivity index (χ2v) is 12.2. The number of carbonyl (C=O) groups excluding carboxylic acids is 1. The first-order chi connectivity index (χ1) is 19.7. The number of ether oxygens (including phenoxy) is 2. The van der Waals surface area contributed by atoms with E-state index < -0.39 is 17.0 Å². The number of hydrogen-bond acceptors (Lipinski definition) is 7. The van der Waals surface area contributed by atoms with Crippen molar-refractivity contribution >= 4 is 11.8 Å². The van der Waals surface area contributed by atoms with E-state index in [2.05, 4.69) is 21.0 Å². The SMILES string of the molecule is CCOC(=O)C1(C)CCN(C2=NOC3(C2)CN(Cc2cc(C4CC4)c(-c4c(F)cccc4F)cc2OCC)C3)CC1. The number of hydrogen-bond donors (Lipinski definition) is 0. The second-order valence-electron chi connectivity index (χ2n) is 12.2. The van der Waals surface area contributed by atoms with Gasteiger partial charge in [0, 0.05) is 38.3 Å². The van der Waals surface area contributed by atoms with Gasteiger partial charge in [-0.05, 0) is 87.8 Å². The lowest BCUT2D eigenvalue weighted by Gasteiger charge is -2.46. The van der Waals surface area contributed by atoms with Gasteiger partial charge in [0.05, 0.1) is 30.6 Å². The number of nitrogens with zero attached hydrogens (tertiary/aromatic N) is 3. The van der Waals surface area contributed by atoms with E-state index in [0.29, 0.717) is 37.0 Å². The van der Waals surface area contributed by atoms with Crippen LogP contribution in [-0.4, -0.2) is 66.6 Å². The van der Waals surface area contributed by atoms with Crippen LogP contribution < -0.4 is 4.74 Å². The van der Waals surface area contributed by atoms with Crippen molar-refractivity contribution in [2.45, 2.75) is 70.9 Å². The van der Waals surface area contributed by atoms with Gasteiger partial charge in [0.1, 0.15) is 23.2 Å². The van der Waals surface area contributed by atoms with Crippen LogP contribution in [0.5, 0.6) is 5.75 Å². The molecule has 3 aliphatic heterocycles. The van der Waals surface area contributed by atoms with E-state index >= 15 is 0 Å². The molecule has 3 heterocycles. The number of oxime groups is 1. The molecule has 0 radical (unpaired) electrons. The molecule has 220 valence electrons. The fourth-order valence-corrected chi connectivity index (χ4v) is 6.49. The Morgan fingerprint density at radius 1 is 1.10 bits per heavy atom. The molecule has 0 unspecified atom stereocenters. The standard InChI is InChI=1S/C32H39F2N3O4/c1-4-39-27-16-24(29-25(33)7-6-8-26(29)34)23(21-9-10-21)15-22(27)18-36-19-32(20-36)17-28(35-41-32)37-13-11-31(3,12-14-37)30(38)40-5-2/h6-8,15-16,21H,4-5,9-14,17-20H2,1-3H3. The van der Waals surface area contributed by atoms with Crippen LogP contribution in [0.4, 0.5) is 8.78 Å². The minimum atomic E-state index is -0.555. The summed E-state index contributed by atoms with van der Waals surface area (Å²) < 4.78 is 40.9. The molecule has 2 aromatic rings. The first kappa shape index (κ1) is 27.9. The molecule has 0 amide bonds. The molecule has 2 aromatic carbocycles. The van der Waals surface area contributed by atoms with Gasteiger partial charge in [0.25, 0.3) is 0 Å². The summed E-state index contributed by atoms with van der Waals surface area (Å²) in [4.78, 5) is 22.9. The molecule has 41 heavy (non-hydrogen) atoms. The van der Waals surface area contributed by atoms with Crippen molar-refractivity contribution < 1.29 is 27.9 Å². The van der Waals surface area contributed by atoms with E-state index in [-0.39, 0.29) is 17.1 Å². The average molecular weight is 568 g/mol. The van der Waals surface area contributed by atoms with Gasteiger partial charge >= 0.3 is 5.97 Å². The van der Waals surface area contributed by atoms with Crippen LogP contribution in [-0.2, 0) is 20.9 Å². The smallest absolute Gasteiger partial charge is 0.311 e. The van der Waals surface area contributed by atoms with E-state index in [1.165, 1.54) is 18.2 Å². The number of likely N-dealkylation sites (tertiary alicyclic amines) is 2. The Kier molecular flexibility index (Phi) is 7.42. The van der Waals surface area contributed by atoms with Gasteiger partial charge in [-0.15, -0.1) is 0 Å². The topological polar surface area (TPSA) is 63.6 Å². The largest absolute Gasteiger partial charge is 0.494 e. The molecule has 7 nitrogen and oxygen atoms in total. The Balaban J connectivity index is 1.12. The monoisotopic (exact) mass is 567 g/mol. The van der Waals surface area contributed by atoms with Gasteiger partial charge in [-0.2, -0.15) is 0 Å². The number of benzene rings is 2. The Hall–Kier alpha value is -3.20. The summed E-state index contributed by atoms with van der Waals surface area (Å²) in [6.07, 6.45) is 4.26. The van der Waals surface area contributed by atoms with Crippen LogP contribution in [0.2, 0.25) is 0 Å². The highest BCUT2D eigenvalue weighted by Gasteiger charge is 2.51. The highest BCUT2D eigenvalue weighted by atomic mass is 19.1. The molecule has 0 N–H and O–H groups in total. The van der Waals surface area contributed by atoms with Gasteiger partial charge in [-0.25, -0.2) is 8.78 Å². The second kappa shape index (κ2) is 10.9. The normalized spacial score (nSPS) is 21.3. The zero-order valence-corrected chi connectivity index (χ0v) is 24.2. The Morgan fingerprint density at radius 2 is 1.80 bits per heavy atom. The van der Waals surface area contributed by atoms with E-state index in [1.807, 2.05) is 26.8 Å². The lowest BCUT2D eigenvalue weighted by molar-refractivity contribution is -0.156. The van der Waals surface area contributed by atoms with Crippen LogP contribution in [0.3, 0.4) is 0 Å². The number of amidine groups is 1. The van der Waals surface area contributed by atoms with Gasteiger partial charge < -0.3 is 19.2 Å². The molecule has 9 heteroatoms. The fraction of sp³-hybridized carbons (Fsp3) is 0.562. The fourth-order valence-electron chi connectivity index (χ4n) is 6.49. The summed E-state index contributed by atoms with van der Waals surface area (Å²) in [7, 11) is 0. The van der Waals surface area contributed by atoms with Crippen LogP contribution in [0.15, 0.2) is 35.5 Å². The molecule has 0 atom stereocenters. The molecule has 1 saturated carbocycles. The van der Waals surface area contributed by atoms with E-state index in [0.717, 1.165) is 75.2 Å². The van der Waals surface area contributed by atoms with Crippen molar-refractivity contribution in [2.75, 3.05) is 39.4 Å². The maximum Gasteiger partial charge on any atom is 0.311 e. The van der Waals surface area contributed by atoms with Gasteiger partial charge in [-0.1, -0.05) is 11.2 Å². The maximum absolute atomic E-state index is 14.8. The summed E-state index contributed by atoms with van der Waals surface area (Å²) >= 11 is 0. The third-order valence-corrected chi connectivity index (χ3v) is 9.02. The van der Waals surface area contributed by atoms with Gasteiger partial charge in [-0.3, -0.25) is 9.69 Å². The molecule has 1 aliphatic carbocycles. The van der Waals surface area contributed by atoms with Crippen LogP contribution in [0.25, 0.3) is 11.1 Å². The van der Waals surface area contributed by atoms with Crippen molar-refractivity contribution in [3.8, 4) is 16.9 Å². The highest BCUT2D eigenvalue weighted by molar-refractivity contribution is 5.85. The number of esters is 1. The zero-order chi connectivity index (χ0) is 28.8. The minimum absolute atomic E-state index is 0.0223. The first-order valence-electron chi connectivity index (χ1n) is 14.9. The number of halogens is 2. The number of piperidine rings is 1. The molecule has 6 rings (SSSR count). The van der Waals surface area contributed by atoms with Crippen LogP contribution in [0, 0.1) is 17.0 Å². The molecule has 2 saturated heterocycles. The highest BCUT2D eigenvalue weighted by Crippen LogP contribution is 2.48. The molecule has 0 bridgehead atoms. The summed E-state index contributed by atoms with van der Waals surface area (Å²) in [5.74, 6) is 0.709. The molecular weight excluding hydrogens is 528 g/mol. The van der Waals surface area contributed by atoms with Crippen molar-refractivity contribution in [2.24, 2.45) is 10.6 Å². The van der Waals surface area contributed by atoms with Crippen molar-refractivity contribution in [3.05, 3.63) is 53.1 Å². The van der Waals surface area contributed by atoms with Gasteiger partial charge in [0.15, 0.2) is 5.60 Å². The van der Waals surface area contributed by atoms with Crippen LogP contribution >= 0.6 is 0 Å². The Bertz CT molecular complexity index is 1320. The molecule has 3 fully saturated rings. The van der Waals surface area contributed by atoms with Crippen molar-refractivity contribution in [1.29, 1.82) is 0 Å². The number of carbonyl (C=O) groups is 1. The van der Waals surface area contributed by atoms with Crippen molar-refractivity contribution in [1.82, 2.24) is 9.80 Å². The predicted molar refractivity (Wildman–Crippen MR) is 152 cm³/mol. The summed E-state index contributed by atoms with van der Waals surface area (Å²) in [6, 6.07) is 7.94. The van der Waals surface area contributed by atoms with Crippen molar-refractivity contribution in [3.63, 3.8) is 0 Å². The van der Waals surface area contributed by atoms with Gasteiger partial charge in [0.2, 0.25) is 0 Å². The average Bonchev–Trinajstić information content (AvgIpc) is 3.68. The molecule has 0 aromatic heterocycles. The molecule has 4 aliphatic rings. The van der Waals surface area contributed by atoms with E-state index in [9.17, 15) is 13.6 Å². The Morgan fingerprint density at radius 3 is 2.44 bits per heavy atom. The molecular formula is C32H39F2N3O4. The lowest BCUT2D eigenvalue weighted by atomic mass is 9.80. The molecule has 1 spiro atoms. The zero-order valence-electron chi connectivity index (χ0n) is 24.2. The maximum atomic E-state index is 14.8. The van der Waals surface area contributed by atoms with E-state index in [1.54, 1.807) is 0 Å². The minimum Gasteiger partial charge on any atom is -0.494 e. The summed E-state index contributed by atoms with van der Waals surface area (Å²) in [5, 5.41) is 4.46. The third-order valence-electron chi connectivity index (χ3n) is 9.02. The Labute approximate surface area is 240 Å². The number of rotatable bonds is 8. The predicted octanol–water partition coefficient (Wildman–Crippen LogP) is 5.86. The third kappa shape index (κ3) is 5.41. The van der Waals surface area contributed by atoms with Crippen LogP contribution in [0.1, 0.15) is 69.9 Å². The summed E-state index contributed by atoms with van der Waals surface area (Å²) in [5.41, 5.74) is 1.85.